The Hall–Kier alpha value is -3.25. The molecular weight excluding hydrogens is 358 g/mol. The zero-order valence-electron chi connectivity index (χ0n) is 14.7. The Morgan fingerprint density at radius 3 is 2.44 bits per heavy atom. The maximum absolute atomic E-state index is 11.4. The fraction of sp³-hybridized carbons (Fsp3) is 0.0952. The molecule has 6 heteroatoms. The van der Waals surface area contributed by atoms with E-state index in [1.54, 1.807) is 17.7 Å². The van der Waals surface area contributed by atoms with E-state index in [9.17, 15) is 4.79 Å². The number of hydrogen-bond donors (Lipinski definition) is 1. The summed E-state index contributed by atoms with van der Waals surface area (Å²) < 4.78 is 5.75. The molecule has 5 nitrogen and oxygen atoms in total. The van der Waals surface area contributed by atoms with Crippen LogP contribution in [-0.2, 0) is 16.0 Å². The third kappa shape index (κ3) is 3.39. The Labute approximate surface area is 160 Å². The molecule has 4 rings (SSSR count). The summed E-state index contributed by atoms with van der Waals surface area (Å²) in [6.07, 6.45) is 1.86. The molecule has 0 unspecified atom stereocenters. The predicted octanol–water partition coefficient (Wildman–Crippen LogP) is 4.32. The van der Waals surface area contributed by atoms with E-state index in [-0.39, 0.29) is 12.4 Å². The molecule has 0 saturated carbocycles. The fourth-order valence-corrected chi connectivity index (χ4v) is 3.98. The minimum absolute atomic E-state index is 0.246. The number of rotatable bonds is 4. The average Bonchev–Trinajstić information content (AvgIpc) is 3.13. The molecule has 0 atom stereocenters. The van der Waals surface area contributed by atoms with Crippen LogP contribution in [0.4, 0.5) is 5.69 Å². The van der Waals surface area contributed by atoms with Crippen molar-refractivity contribution < 1.29 is 9.53 Å². The Morgan fingerprint density at radius 2 is 1.74 bits per heavy atom. The van der Waals surface area contributed by atoms with Crippen LogP contribution in [0.5, 0.6) is 0 Å². The van der Waals surface area contributed by atoms with E-state index in [1.165, 1.54) is 7.11 Å². The Balaban J connectivity index is 1.72. The van der Waals surface area contributed by atoms with Gasteiger partial charge in [-0.1, -0.05) is 36.4 Å². The van der Waals surface area contributed by atoms with Gasteiger partial charge in [-0.05, 0) is 23.3 Å². The first kappa shape index (κ1) is 17.2. The number of carbonyl (C=O) groups is 1. The second-order valence-corrected chi connectivity index (χ2v) is 7.00. The molecule has 134 valence electrons. The topological polar surface area (TPSA) is 78.1 Å². The van der Waals surface area contributed by atoms with Crippen molar-refractivity contribution in [3.8, 4) is 22.4 Å². The molecule has 0 radical (unpaired) electrons. The quantitative estimate of drug-likeness (QED) is 0.424. The van der Waals surface area contributed by atoms with E-state index < -0.39 is 0 Å². The zero-order chi connectivity index (χ0) is 18.8. The lowest BCUT2D eigenvalue weighted by molar-refractivity contribution is -0.139. The molecule has 0 bridgehead atoms. The molecule has 2 N–H and O–H groups in total. The number of nitrogens with zero attached hydrogens (tertiary/aromatic N) is 2. The minimum atomic E-state index is -0.246. The SMILES string of the molecule is COC(=O)Cc1ccc(-c2csc3c(-c4ccc(N)cc4)ncnc23)cc1. The number of nitrogen functional groups attached to an aromatic ring is 1. The van der Waals surface area contributed by atoms with Crippen LogP contribution in [-0.4, -0.2) is 23.0 Å². The van der Waals surface area contributed by atoms with Gasteiger partial charge in [0.05, 0.1) is 29.4 Å². The van der Waals surface area contributed by atoms with Crippen molar-refractivity contribution in [2.75, 3.05) is 12.8 Å². The summed E-state index contributed by atoms with van der Waals surface area (Å²) in [6, 6.07) is 15.6. The molecule has 2 aromatic heterocycles. The van der Waals surface area contributed by atoms with Crippen molar-refractivity contribution in [1.29, 1.82) is 0 Å². The van der Waals surface area contributed by atoms with Crippen LogP contribution in [0, 0.1) is 0 Å². The van der Waals surface area contributed by atoms with Crippen LogP contribution in [0.1, 0.15) is 5.56 Å². The van der Waals surface area contributed by atoms with Crippen LogP contribution in [0.15, 0.2) is 60.2 Å². The number of hydrogen-bond acceptors (Lipinski definition) is 6. The Bertz CT molecular complexity index is 1100. The van der Waals surface area contributed by atoms with Crippen LogP contribution < -0.4 is 5.73 Å². The van der Waals surface area contributed by atoms with Gasteiger partial charge in [0.15, 0.2) is 0 Å². The van der Waals surface area contributed by atoms with E-state index in [4.69, 9.17) is 10.5 Å². The van der Waals surface area contributed by atoms with Crippen LogP contribution >= 0.6 is 11.3 Å². The monoisotopic (exact) mass is 375 g/mol. The van der Waals surface area contributed by atoms with Gasteiger partial charge >= 0.3 is 5.97 Å². The number of ether oxygens (including phenoxy) is 1. The molecule has 0 spiro atoms. The van der Waals surface area contributed by atoms with Gasteiger partial charge < -0.3 is 10.5 Å². The van der Waals surface area contributed by atoms with Crippen molar-refractivity contribution in [2.45, 2.75) is 6.42 Å². The van der Waals surface area contributed by atoms with Gasteiger partial charge in [-0.3, -0.25) is 4.79 Å². The van der Waals surface area contributed by atoms with E-state index >= 15 is 0 Å². The highest BCUT2D eigenvalue weighted by atomic mass is 32.1. The first-order valence-corrected chi connectivity index (χ1v) is 9.28. The summed E-state index contributed by atoms with van der Waals surface area (Å²) in [4.78, 5) is 20.4. The van der Waals surface area contributed by atoms with Gasteiger partial charge in [-0.2, -0.15) is 0 Å². The zero-order valence-corrected chi connectivity index (χ0v) is 15.5. The smallest absolute Gasteiger partial charge is 0.309 e. The second kappa shape index (κ2) is 7.17. The molecule has 27 heavy (non-hydrogen) atoms. The Morgan fingerprint density at radius 1 is 1.04 bits per heavy atom. The highest BCUT2D eigenvalue weighted by Crippen LogP contribution is 2.37. The van der Waals surface area contributed by atoms with Gasteiger partial charge in [0.25, 0.3) is 0 Å². The summed E-state index contributed by atoms with van der Waals surface area (Å²) in [5.74, 6) is -0.246. The summed E-state index contributed by atoms with van der Waals surface area (Å²) in [6.45, 7) is 0. The molecule has 0 aliphatic carbocycles. The second-order valence-electron chi connectivity index (χ2n) is 6.12. The molecule has 2 heterocycles. The summed E-state index contributed by atoms with van der Waals surface area (Å²) >= 11 is 1.62. The Kier molecular flexibility index (Phi) is 4.56. The molecule has 0 amide bonds. The molecule has 4 aromatic rings. The van der Waals surface area contributed by atoms with Crippen molar-refractivity contribution in [1.82, 2.24) is 9.97 Å². The normalized spacial score (nSPS) is 10.9. The van der Waals surface area contributed by atoms with Gasteiger partial charge in [-0.25, -0.2) is 9.97 Å². The van der Waals surface area contributed by atoms with Gasteiger partial charge in [0.2, 0.25) is 0 Å². The van der Waals surface area contributed by atoms with E-state index in [1.807, 2.05) is 48.5 Å². The number of esters is 1. The molecule has 0 aliphatic rings. The number of benzene rings is 2. The number of carbonyl (C=O) groups excluding carboxylic acids is 1. The lowest BCUT2D eigenvalue weighted by Gasteiger charge is -2.05. The highest BCUT2D eigenvalue weighted by Gasteiger charge is 2.13. The lowest BCUT2D eigenvalue weighted by atomic mass is 10.0. The largest absolute Gasteiger partial charge is 0.469 e. The lowest BCUT2D eigenvalue weighted by Crippen LogP contribution is -2.04. The number of anilines is 1. The maximum atomic E-state index is 11.4. The predicted molar refractivity (Wildman–Crippen MR) is 108 cm³/mol. The highest BCUT2D eigenvalue weighted by molar-refractivity contribution is 7.18. The first-order chi connectivity index (χ1) is 13.2. The third-order valence-corrected chi connectivity index (χ3v) is 5.35. The van der Waals surface area contributed by atoms with Crippen LogP contribution in [0.2, 0.25) is 0 Å². The van der Waals surface area contributed by atoms with Crippen molar-refractivity contribution in [3.63, 3.8) is 0 Å². The molecule has 2 aromatic carbocycles. The van der Waals surface area contributed by atoms with Gasteiger partial charge in [0, 0.05) is 22.2 Å². The minimum Gasteiger partial charge on any atom is -0.469 e. The summed E-state index contributed by atoms with van der Waals surface area (Å²) in [5.41, 5.74) is 12.4. The summed E-state index contributed by atoms with van der Waals surface area (Å²) in [5, 5.41) is 2.09. The third-order valence-electron chi connectivity index (χ3n) is 4.38. The molecule has 0 aliphatic heterocycles. The van der Waals surface area contributed by atoms with Crippen molar-refractivity contribution >= 4 is 33.2 Å². The molecule has 0 fully saturated rings. The number of fused-ring (bicyclic) bond motifs is 1. The molecule has 0 saturated heterocycles. The van der Waals surface area contributed by atoms with E-state index in [0.29, 0.717) is 0 Å². The van der Waals surface area contributed by atoms with Gasteiger partial charge in [-0.15, -0.1) is 11.3 Å². The maximum Gasteiger partial charge on any atom is 0.309 e. The molecular formula is C21H17N3O2S. The van der Waals surface area contributed by atoms with Crippen LogP contribution in [0.25, 0.3) is 32.6 Å². The van der Waals surface area contributed by atoms with E-state index in [0.717, 1.165) is 43.9 Å². The van der Waals surface area contributed by atoms with Gasteiger partial charge in [0.1, 0.15) is 6.33 Å². The standard InChI is InChI=1S/C21H17N3O2S/c1-26-18(25)10-13-2-4-14(5-3-13)17-11-27-21-19(23-12-24-20(17)21)15-6-8-16(22)9-7-15/h2-9,11-12H,10,22H2,1H3. The summed E-state index contributed by atoms with van der Waals surface area (Å²) in [7, 11) is 1.40. The van der Waals surface area contributed by atoms with E-state index in [2.05, 4.69) is 15.3 Å². The number of nitrogens with two attached hydrogens (primary N) is 1. The fourth-order valence-electron chi connectivity index (χ4n) is 2.94. The van der Waals surface area contributed by atoms with Crippen LogP contribution in [0.3, 0.4) is 0 Å². The number of thiophene rings is 1. The number of methoxy groups -OCH3 is 1. The van der Waals surface area contributed by atoms with Crippen molar-refractivity contribution in [3.05, 3.63) is 65.8 Å². The average molecular weight is 375 g/mol. The number of aromatic nitrogens is 2. The van der Waals surface area contributed by atoms with Crippen molar-refractivity contribution in [2.24, 2.45) is 0 Å². The first-order valence-electron chi connectivity index (χ1n) is 8.40.